The molecule has 0 fully saturated rings. The SMILES string of the molecule is Cc1ccccc1CCNC(=O)N(CCCO)Cc1cccnc1. The van der Waals surface area contributed by atoms with Gasteiger partial charge in [-0.3, -0.25) is 4.98 Å². The van der Waals surface area contributed by atoms with Crippen LogP contribution in [0.4, 0.5) is 4.79 Å². The van der Waals surface area contributed by atoms with Gasteiger partial charge in [0.1, 0.15) is 0 Å². The first-order chi connectivity index (χ1) is 11.7. The van der Waals surface area contributed by atoms with Gasteiger partial charge in [-0.15, -0.1) is 0 Å². The van der Waals surface area contributed by atoms with E-state index in [9.17, 15) is 4.79 Å². The third-order valence-electron chi connectivity index (χ3n) is 3.90. The Morgan fingerprint density at radius 2 is 2.08 bits per heavy atom. The fraction of sp³-hybridized carbons (Fsp3) is 0.368. The van der Waals surface area contributed by atoms with Gasteiger partial charge in [-0.1, -0.05) is 30.3 Å². The molecular formula is C19H25N3O2. The number of aryl methyl sites for hydroxylation is 1. The van der Waals surface area contributed by atoms with E-state index in [1.807, 2.05) is 24.3 Å². The van der Waals surface area contributed by atoms with Gasteiger partial charge in [0.25, 0.3) is 0 Å². The number of carbonyl (C=O) groups is 1. The van der Waals surface area contributed by atoms with E-state index < -0.39 is 0 Å². The molecule has 2 N–H and O–H groups in total. The van der Waals surface area contributed by atoms with Crippen molar-refractivity contribution < 1.29 is 9.90 Å². The van der Waals surface area contributed by atoms with Crippen molar-refractivity contribution in [3.63, 3.8) is 0 Å². The summed E-state index contributed by atoms with van der Waals surface area (Å²) >= 11 is 0. The van der Waals surface area contributed by atoms with E-state index in [2.05, 4.69) is 29.4 Å². The van der Waals surface area contributed by atoms with Gasteiger partial charge in [-0.2, -0.15) is 0 Å². The van der Waals surface area contributed by atoms with Crippen LogP contribution < -0.4 is 5.32 Å². The minimum Gasteiger partial charge on any atom is -0.396 e. The fourth-order valence-electron chi connectivity index (χ4n) is 2.53. The van der Waals surface area contributed by atoms with Crippen LogP contribution in [-0.4, -0.2) is 40.7 Å². The largest absolute Gasteiger partial charge is 0.396 e. The molecule has 0 aliphatic heterocycles. The number of aliphatic hydroxyl groups is 1. The summed E-state index contributed by atoms with van der Waals surface area (Å²) in [6, 6.07) is 11.9. The molecule has 0 atom stereocenters. The van der Waals surface area contributed by atoms with Crippen molar-refractivity contribution in [2.45, 2.75) is 26.3 Å². The first kappa shape index (κ1) is 17.9. The quantitative estimate of drug-likeness (QED) is 0.783. The Morgan fingerprint density at radius 1 is 1.25 bits per heavy atom. The maximum atomic E-state index is 12.4. The van der Waals surface area contributed by atoms with Crippen LogP contribution in [-0.2, 0) is 13.0 Å². The number of carbonyl (C=O) groups excluding carboxylic acids is 1. The number of hydrogen-bond acceptors (Lipinski definition) is 3. The molecule has 0 aliphatic carbocycles. The lowest BCUT2D eigenvalue weighted by Crippen LogP contribution is -2.41. The molecule has 1 aromatic carbocycles. The number of benzene rings is 1. The van der Waals surface area contributed by atoms with E-state index >= 15 is 0 Å². The zero-order valence-corrected chi connectivity index (χ0v) is 14.1. The molecular weight excluding hydrogens is 302 g/mol. The molecule has 24 heavy (non-hydrogen) atoms. The second kappa shape index (κ2) is 9.67. The van der Waals surface area contributed by atoms with Gasteiger partial charge in [0.2, 0.25) is 0 Å². The van der Waals surface area contributed by atoms with Gasteiger partial charge in [-0.05, 0) is 42.5 Å². The average Bonchev–Trinajstić information content (AvgIpc) is 2.61. The maximum absolute atomic E-state index is 12.4. The molecule has 0 radical (unpaired) electrons. The highest BCUT2D eigenvalue weighted by Gasteiger charge is 2.13. The first-order valence-corrected chi connectivity index (χ1v) is 8.27. The van der Waals surface area contributed by atoms with Crippen molar-refractivity contribution in [3.8, 4) is 0 Å². The first-order valence-electron chi connectivity index (χ1n) is 8.27. The van der Waals surface area contributed by atoms with Crippen LogP contribution in [0, 0.1) is 6.92 Å². The number of urea groups is 1. The molecule has 0 saturated heterocycles. The number of rotatable bonds is 8. The highest BCUT2D eigenvalue weighted by atomic mass is 16.3. The Hall–Kier alpha value is -2.40. The van der Waals surface area contributed by atoms with E-state index in [1.54, 1.807) is 17.3 Å². The lowest BCUT2D eigenvalue weighted by atomic mass is 10.1. The van der Waals surface area contributed by atoms with E-state index in [4.69, 9.17) is 5.11 Å². The van der Waals surface area contributed by atoms with Crippen LogP contribution >= 0.6 is 0 Å². The summed E-state index contributed by atoms with van der Waals surface area (Å²) in [5.74, 6) is 0. The molecule has 0 saturated carbocycles. The minimum atomic E-state index is -0.110. The summed E-state index contributed by atoms with van der Waals surface area (Å²) < 4.78 is 0. The Labute approximate surface area is 143 Å². The summed E-state index contributed by atoms with van der Waals surface area (Å²) in [7, 11) is 0. The van der Waals surface area contributed by atoms with Crippen LogP contribution in [0.15, 0.2) is 48.8 Å². The molecule has 0 aliphatic rings. The van der Waals surface area contributed by atoms with Crippen LogP contribution in [0.3, 0.4) is 0 Å². The highest BCUT2D eigenvalue weighted by Crippen LogP contribution is 2.08. The molecule has 5 heteroatoms. The number of aromatic nitrogens is 1. The summed E-state index contributed by atoms with van der Waals surface area (Å²) in [6.45, 7) is 3.74. The van der Waals surface area contributed by atoms with Crippen molar-refractivity contribution in [1.29, 1.82) is 0 Å². The van der Waals surface area contributed by atoms with Crippen molar-refractivity contribution in [3.05, 3.63) is 65.5 Å². The molecule has 0 bridgehead atoms. The van der Waals surface area contributed by atoms with E-state index in [1.165, 1.54) is 11.1 Å². The lowest BCUT2D eigenvalue weighted by Gasteiger charge is -2.23. The lowest BCUT2D eigenvalue weighted by molar-refractivity contribution is 0.186. The van der Waals surface area contributed by atoms with E-state index in [0.717, 1.165) is 12.0 Å². The van der Waals surface area contributed by atoms with Crippen molar-refractivity contribution in [1.82, 2.24) is 15.2 Å². The molecule has 1 aromatic heterocycles. The van der Waals surface area contributed by atoms with Crippen molar-refractivity contribution >= 4 is 6.03 Å². The standard InChI is InChI=1S/C19H25N3O2/c1-16-6-2-3-8-18(16)9-11-21-19(24)22(12-5-13-23)15-17-7-4-10-20-14-17/h2-4,6-8,10,14,23H,5,9,11-13,15H2,1H3,(H,21,24). The highest BCUT2D eigenvalue weighted by molar-refractivity contribution is 5.74. The van der Waals surface area contributed by atoms with E-state index in [-0.39, 0.29) is 12.6 Å². The summed E-state index contributed by atoms with van der Waals surface area (Å²) in [4.78, 5) is 18.2. The molecule has 2 rings (SSSR count). The van der Waals surface area contributed by atoms with Gasteiger partial charge in [0, 0.05) is 38.6 Å². The van der Waals surface area contributed by atoms with Gasteiger partial charge < -0.3 is 15.3 Å². The molecule has 2 aromatic rings. The second-order valence-corrected chi connectivity index (χ2v) is 5.77. The Balaban J connectivity index is 1.88. The van der Waals surface area contributed by atoms with Crippen LogP contribution in [0.1, 0.15) is 23.1 Å². The Morgan fingerprint density at radius 3 is 2.79 bits per heavy atom. The molecule has 2 amide bonds. The summed E-state index contributed by atoms with van der Waals surface area (Å²) in [6.07, 6.45) is 4.83. The zero-order valence-electron chi connectivity index (χ0n) is 14.1. The number of amides is 2. The average molecular weight is 327 g/mol. The summed E-state index contributed by atoms with van der Waals surface area (Å²) in [5.41, 5.74) is 3.45. The number of nitrogens with one attached hydrogen (secondary N) is 1. The van der Waals surface area contributed by atoms with Gasteiger partial charge in [0.05, 0.1) is 0 Å². The molecule has 5 nitrogen and oxygen atoms in total. The smallest absolute Gasteiger partial charge is 0.317 e. The zero-order chi connectivity index (χ0) is 17.2. The topological polar surface area (TPSA) is 65.5 Å². The number of pyridine rings is 1. The molecule has 128 valence electrons. The van der Waals surface area contributed by atoms with Crippen molar-refractivity contribution in [2.75, 3.05) is 19.7 Å². The van der Waals surface area contributed by atoms with Crippen LogP contribution in [0.5, 0.6) is 0 Å². The van der Waals surface area contributed by atoms with Gasteiger partial charge in [-0.25, -0.2) is 4.79 Å². The predicted octanol–water partition coefficient (Wildman–Crippen LogP) is 2.53. The second-order valence-electron chi connectivity index (χ2n) is 5.77. The monoisotopic (exact) mass is 327 g/mol. The minimum absolute atomic E-state index is 0.0695. The van der Waals surface area contributed by atoms with E-state index in [0.29, 0.717) is 26.1 Å². The van der Waals surface area contributed by atoms with Crippen LogP contribution in [0.2, 0.25) is 0 Å². The van der Waals surface area contributed by atoms with Crippen molar-refractivity contribution in [2.24, 2.45) is 0 Å². The fourth-order valence-corrected chi connectivity index (χ4v) is 2.53. The van der Waals surface area contributed by atoms with Gasteiger partial charge >= 0.3 is 6.03 Å². The molecule has 0 unspecified atom stereocenters. The Bertz CT molecular complexity index is 632. The van der Waals surface area contributed by atoms with Crippen LogP contribution in [0.25, 0.3) is 0 Å². The number of nitrogens with zero attached hydrogens (tertiary/aromatic N) is 2. The molecule has 0 spiro atoms. The van der Waals surface area contributed by atoms with Gasteiger partial charge in [0.15, 0.2) is 0 Å². The Kier molecular flexibility index (Phi) is 7.23. The third-order valence-corrected chi connectivity index (χ3v) is 3.90. The predicted molar refractivity (Wildman–Crippen MR) is 94.6 cm³/mol. The maximum Gasteiger partial charge on any atom is 0.317 e. The number of hydrogen-bond donors (Lipinski definition) is 2. The molecule has 1 heterocycles. The summed E-state index contributed by atoms with van der Waals surface area (Å²) in [5, 5.41) is 12.0. The normalized spacial score (nSPS) is 10.4. The third kappa shape index (κ3) is 5.66. The number of aliphatic hydroxyl groups excluding tert-OH is 1.